The fourth-order valence-corrected chi connectivity index (χ4v) is 2.10. The summed E-state index contributed by atoms with van der Waals surface area (Å²) in [7, 11) is 3.68. The average Bonchev–Trinajstić information content (AvgIpc) is 2.74. The molecule has 2 aromatic rings. The molecule has 0 aliphatic heterocycles. The molecule has 0 aliphatic carbocycles. The third-order valence-electron chi connectivity index (χ3n) is 2.78. The highest BCUT2D eigenvalue weighted by Gasteiger charge is 2.14. The summed E-state index contributed by atoms with van der Waals surface area (Å²) >= 11 is 5.83. The van der Waals surface area contributed by atoms with Gasteiger partial charge in [-0.25, -0.2) is 4.79 Å². The fraction of sp³-hybridized carbons (Fsp3) is 0.231. The smallest absolute Gasteiger partial charge is 0.337 e. The van der Waals surface area contributed by atoms with Crippen molar-refractivity contribution < 1.29 is 9.90 Å². The van der Waals surface area contributed by atoms with Crippen LogP contribution in [-0.4, -0.2) is 27.9 Å². The molecule has 1 aromatic carbocycles. The van der Waals surface area contributed by atoms with E-state index < -0.39 is 5.97 Å². The van der Waals surface area contributed by atoms with Gasteiger partial charge in [0, 0.05) is 37.4 Å². The molecule has 0 bridgehead atoms. The number of anilines is 1. The minimum Gasteiger partial charge on any atom is -0.478 e. The second kappa shape index (κ2) is 5.32. The van der Waals surface area contributed by atoms with Gasteiger partial charge in [0.1, 0.15) is 0 Å². The molecule has 1 aromatic heterocycles. The first-order chi connectivity index (χ1) is 8.97. The summed E-state index contributed by atoms with van der Waals surface area (Å²) in [6.45, 7) is 0.579. The molecule has 5 nitrogen and oxygen atoms in total. The Morgan fingerprint density at radius 3 is 2.84 bits per heavy atom. The van der Waals surface area contributed by atoms with Crippen molar-refractivity contribution in [3.05, 3.63) is 46.7 Å². The number of carbonyl (C=O) groups is 1. The second-order valence-electron chi connectivity index (χ2n) is 4.34. The summed E-state index contributed by atoms with van der Waals surface area (Å²) in [5.74, 6) is -0.990. The molecule has 100 valence electrons. The van der Waals surface area contributed by atoms with Gasteiger partial charge in [-0.3, -0.25) is 4.68 Å². The van der Waals surface area contributed by atoms with Crippen LogP contribution in [0.4, 0.5) is 5.69 Å². The number of aryl methyl sites for hydroxylation is 1. The van der Waals surface area contributed by atoms with Crippen LogP contribution in [0.1, 0.15) is 15.9 Å². The van der Waals surface area contributed by atoms with Crippen LogP contribution in [0.25, 0.3) is 0 Å². The molecule has 1 heterocycles. The molecule has 0 radical (unpaired) electrons. The number of nitrogens with zero attached hydrogens (tertiary/aromatic N) is 3. The molecule has 0 aliphatic rings. The van der Waals surface area contributed by atoms with Crippen molar-refractivity contribution in [2.24, 2.45) is 7.05 Å². The Morgan fingerprint density at radius 2 is 2.26 bits per heavy atom. The van der Waals surface area contributed by atoms with E-state index in [1.165, 1.54) is 6.07 Å². The standard InChI is InChI=1S/C13H14ClN3O2/c1-16(7-9-6-15-17(2)8-9)12-4-3-10(14)5-11(12)13(18)19/h3-6,8H,7H2,1-2H3,(H,18,19). The normalized spacial score (nSPS) is 10.5. The van der Waals surface area contributed by atoms with E-state index in [9.17, 15) is 9.90 Å². The molecule has 2 rings (SSSR count). The number of hydrogen-bond acceptors (Lipinski definition) is 3. The first kappa shape index (κ1) is 13.4. The first-order valence-electron chi connectivity index (χ1n) is 5.69. The number of carboxylic acids is 1. The van der Waals surface area contributed by atoms with Crippen LogP contribution in [0.3, 0.4) is 0 Å². The first-order valence-corrected chi connectivity index (χ1v) is 6.06. The molecular formula is C13H14ClN3O2. The highest BCUT2D eigenvalue weighted by molar-refractivity contribution is 6.31. The van der Waals surface area contributed by atoms with Crippen molar-refractivity contribution in [3.8, 4) is 0 Å². The number of rotatable bonds is 4. The van der Waals surface area contributed by atoms with Crippen molar-refractivity contribution in [2.45, 2.75) is 6.54 Å². The topological polar surface area (TPSA) is 58.4 Å². The molecular weight excluding hydrogens is 266 g/mol. The molecule has 0 fully saturated rings. The lowest BCUT2D eigenvalue weighted by molar-refractivity contribution is 0.0697. The van der Waals surface area contributed by atoms with E-state index in [1.807, 2.05) is 25.2 Å². The van der Waals surface area contributed by atoms with E-state index in [1.54, 1.807) is 23.0 Å². The van der Waals surface area contributed by atoms with Crippen LogP contribution in [0.15, 0.2) is 30.6 Å². The molecule has 6 heteroatoms. The van der Waals surface area contributed by atoms with Crippen LogP contribution in [0, 0.1) is 0 Å². The van der Waals surface area contributed by atoms with Crippen molar-refractivity contribution in [3.63, 3.8) is 0 Å². The van der Waals surface area contributed by atoms with E-state index in [-0.39, 0.29) is 5.56 Å². The van der Waals surface area contributed by atoms with Crippen LogP contribution in [0.2, 0.25) is 5.02 Å². The third kappa shape index (κ3) is 3.06. The van der Waals surface area contributed by atoms with Gasteiger partial charge in [0.05, 0.1) is 17.4 Å². The van der Waals surface area contributed by atoms with Gasteiger partial charge in [0.25, 0.3) is 0 Å². The van der Waals surface area contributed by atoms with Gasteiger partial charge in [-0.1, -0.05) is 11.6 Å². The Bertz CT molecular complexity index is 610. The molecule has 19 heavy (non-hydrogen) atoms. The lowest BCUT2D eigenvalue weighted by Crippen LogP contribution is -2.19. The number of hydrogen-bond donors (Lipinski definition) is 1. The van der Waals surface area contributed by atoms with Gasteiger partial charge in [-0.05, 0) is 18.2 Å². The predicted molar refractivity (Wildman–Crippen MR) is 73.7 cm³/mol. The molecule has 0 atom stereocenters. The maximum absolute atomic E-state index is 11.2. The summed E-state index contributed by atoms with van der Waals surface area (Å²) in [5.41, 5.74) is 1.83. The number of halogens is 1. The number of carboxylic acid groups (broad SMARTS) is 1. The minimum atomic E-state index is -0.990. The Kier molecular flexibility index (Phi) is 3.76. The van der Waals surface area contributed by atoms with Gasteiger partial charge < -0.3 is 10.0 Å². The highest BCUT2D eigenvalue weighted by atomic mass is 35.5. The van der Waals surface area contributed by atoms with Gasteiger partial charge in [0.15, 0.2) is 0 Å². The zero-order valence-corrected chi connectivity index (χ0v) is 11.4. The minimum absolute atomic E-state index is 0.193. The van der Waals surface area contributed by atoms with Gasteiger partial charge in [-0.2, -0.15) is 5.10 Å². The molecule has 0 unspecified atom stereocenters. The maximum Gasteiger partial charge on any atom is 0.337 e. The van der Waals surface area contributed by atoms with Crippen LogP contribution >= 0.6 is 11.6 Å². The van der Waals surface area contributed by atoms with Gasteiger partial charge in [-0.15, -0.1) is 0 Å². The van der Waals surface area contributed by atoms with Crippen LogP contribution in [-0.2, 0) is 13.6 Å². The molecule has 0 spiro atoms. The maximum atomic E-state index is 11.2. The Labute approximate surface area is 116 Å². The fourth-order valence-electron chi connectivity index (χ4n) is 1.92. The van der Waals surface area contributed by atoms with Crippen LogP contribution < -0.4 is 4.90 Å². The van der Waals surface area contributed by atoms with E-state index in [0.29, 0.717) is 17.3 Å². The largest absolute Gasteiger partial charge is 0.478 e. The zero-order valence-electron chi connectivity index (χ0n) is 10.7. The lowest BCUT2D eigenvalue weighted by atomic mass is 10.1. The lowest BCUT2D eigenvalue weighted by Gasteiger charge is -2.20. The number of benzene rings is 1. The Morgan fingerprint density at radius 1 is 1.53 bits per heavy atom. The van der Waals surface area contributed by atoms with Gasteiger partial charge in [0.2, 0.25) is 0 Å². The van der Waals surface area contributed by atoms with E-state index in [4.69, 9.17) is 11.6 Å². The van der Waals surface area contributed by atoms with E-state index >= 15 is 0 Å². The molecule has 0 amide bonds. The zero-order chi connectivity index (χ0) is 14.0. The highest BCUT2D eigenvalue weighted by Crippen LogP contribution is 2.24. The van der Waals surface area contributed by atoms with Crippen molar-refractivity contribution in [1.29, 1.82) is 0 Å². The molecule has 0 saturated carbocycles. The summed E-state index contributed by atoms with van der Waals surface area (Å²) < 4.78 is 1.71. The molecule has 1 N–H and O–H groups in total. The van der Waals surface area contributed by atoms with Crippen molar-refractivity contribution in [2.75, 3.05) is 11.9 Å². The quantitative estimate of drug-likeness (QED) is 0.934. The molecule has 0 saturated heterocycles. The number of aromatic carboxylic acids is 1. The second-order valence-corrected chi connectivity index (χ2v) is 4.78. The van der Waals surface area contributed by atoms with E-state index in [0.717, 1.165) is 5.56 Å². The number of aromatic nitrogens is 2. The third-order valence-corrected chi connectivity index (χ3v) is 3.01. The SMILES string of the molecule is CN(Cc1cnn(C)c1)c1ccc(Cl)cc1C(=O)O. The van der Waals surface area contributed by atoms with Crippen LogP contribution in [0.5, 0.6) is 0 Å². The van der Waals surface area contributed by atoms with E-state index in [2.05, 4.69) is 5.10 Å². The predicted octanol–water partition coefficient (Wildman–Crippen LogP) is 2.41. The Balaban J connectivity index is 2.28. The van der Waals surface area contributed by atoms with Crippen molar-refractivity contribution in [1.82, 2.24) is 9.78 Å². The summed E-state index contributed by atoms with van der Waals surface area (Å²) in [4.78, 5) is 13.1. The van der Waals surface area contributed by atoms with Gasteiger partial charge >= 0.3 is 5.97 Å². The summed E-state index contributed by atoms with van der Waals surface area (Å²) in [6.07, 6.45) is 3.65. The average molecular weight is 280 g/mol. The Hall–Kier alpha value is -2.01. The van der Waals surface area contributed by atoms with Crippen molar-refractivity contribution >= 4 is 23.3 Å². The monoisotopic (exact) mass is 279 g/mol. The summed E-state index contributed by atoms with van der Waals surface area (Å²) in [6, 6.07) is 4.85. The summed E-state index contributed by atoms with van der Waals surface area (Å²) in [5, 5.41) is 13.7.